The van der Waals surface area contributed by atoms with Gasteiger partial charge < -0.3 is 15.2 Å². The van der Waals surface area contributed by atoms with Gasteiger partial charge >= 0.3 is 5.69 Å². The summed E-state index contributed by atoms with van der Waals surface area (Å²) in [5.74, 6) is 0.867. The number of rotatable bonds is 10. The Hall–Kier alpha value is -3.39. The summed E-state index contributed by atoms with van der Waals surface area (Å²) in [4.78, 5) is 10.5. The lowest BCUT2D eigenvalue weighted by molar-refractivity contribution is -0.384. The van der Waals surface area contributed by atoms with Gasteiger partial charge in [0.2, 0.25) is 5.82 Å². The van der Waals surface area contributed by atoms with E-state index >= 15 is 0 Å². The number of aryl methyl sites for hydroxylation is 2. The Morgan fingerprint density at radius 3 is 2.55 bits per heavy atom. The van der Waals surface area contributed by atoms with E-state index in [9.17, 15) is 10.1 Å². The van der Waals surface area contributed by atoms with E-state index in [1.54, 1.807) is 6.92 Å². The Balaban J connectivity index is 1.48. The molecule has 3 rings (SSSR count). The molecule has 8 nitrogen and oxygen atoms in total. The van der Waals surface area contributed by atoms with Crippen molar-refractivity contribution in [2.45, 2.75) is 33.1 Å². The molecule has 0 fully saturated rings. The molecule has 0 bridgehead atoms. The largest absolute Gasteiger partial charge is 0.489 e. The highest BCUT2D eigenvalue weighted by atomic mass is 16.6. The maximum Gasteiger partial charge on any atom is 0.333 e. The van der Waals surface area contributed by atoms with E-state index in [1.807, 2.05) is 54.6 Å². The van der Waals surface area contributed by atoms with E-state index in [-0.39, 0.29) is 11.5 Å². The lowest BCUT2D eigenvalue weighted by atomic mass is 10.2. The first kappa shape index (κ1) is 20.3. The maximum absolute atomic E-state index is 11.0. The van der Waals surface area contributed by atoms with Gasteiger partial charge in [0.15, 0.2) is 0 Å². The number of ether oxygens (including phenoxy) is 2. The van der Waals surface area contributed by atoms with Gasteiger partial charge in [-0.2, -0.15) is 5.10 Å². The lowest BCUT2D eigenvalue weighted by Gasteiger charge is -2.12. The second-order valence-electron chi connectivity index (χ2n) is 6.59. The Morgan fingerprint density at radius 1 is 1.10 bits per heavy atom. The molecule has 8 heteroatoms. The minimum atomic E-state index is -0.503. The minimum Gasteiger partial charge on any atom is -0.489 e. The molecular weight excluding hydrogens is 372 g/mol. The predicted octanol–water partition coefficient (Wildman–Crippen LogP) is 3.87. The quantitative estimate of drug-likeness (QED) is 0.317. The molecule has 2 aromatic carbocycles. The fraction of sp³-hybridized carbons (Fsp3) is 0.286. The van der Waals surface area contributed by atoms with Gasteiger partial charge in [-0.25, -0.2) is 4.68 Å². The van der Waals surface area contributed by atoms with Crippen LogP contribution in [0.4, 0.5) is 11.5 Å². The van der Waals surface area contributed by atoms with Crippen LogP contribution in [0.1, 0.15) is 23.2 Å². The van der Waals surface area contributed by atoms with Crippen molar-refractivity contribution in [1.29, 1.82) is 0 Å². The third-order valence-corrected chi connectivity index (χ3v) is 4.44. The molecule has 0 atom stereocenters. The second kappa shape index (κ2) is 9.70. The van der Waals surface area contributed by atoms with E-state index in [4.69, 9.17) is 15.2 Å². The monoisotopic (exact) mass is 396 g/mol. The highest BCUT2D eigenvalue weighted by molar-refractivity contribution is 5.55. The Labute approximate surface area is 169 Å². The summed E-state index contributed by atoms with van der Waals surface area (Å²) in [6, 6.07) is 17.7. The highest BCUT2D eigenvalue weighted by Crippen LogP contribution is 2.25. The molecule has 0 spiro atoms. The van der Waals surface area contributed by atoms with E-state index in [2.05, 4.69) is 5.10 Å². The zero-order valence-corrected chi connectivity index (χ0v) is 16.3. The SMILES string of the molecule is Cc1nn(CCCOCc2ccccc2OCc2ccccc2)c(N)c1[N+](=O)[O-]. The fourth-order valence-electron chi connectivity index (χ4n) is 2.98. The van der Waals surface area contributed by atoms with Crippen molar-refractivity contribution in [3.8, 4) is 5.75 Å². The van der Waals surface area contributed by atoms with Gasteiger partial charge in [0.1, 0.15) is 18.1 Å². The van der Waals surface area contributed by atoms with Crippen LogP contribution < -0.4 is 10.5 Å². The molecular formula is C21H24N4O4. The van der Waals surface area contributed by atoms with Gasteiger partial charge in [-0.3, -0.25) is 10.1 Å². The van der Waals surface area contributed by atoms with Crippen molar-refractivity contribution < 1.29 is 14.4 Å². The number of nitrogen functional groups attached to an aromatic ring is 1. The third kappa shape index (κ3) is 5.32. The first-order chi connectivity index (χ1) is 14.1. The standard InChI is InChI=1S/C21H24N4O4/c1-16-20(25(26)27)21(22)24(23-16)12-7-13-28-15-18-10-5-6-11-19(18)29-14-17-8-3-2-4-9-17/h2-6,8-11H,7,12-15,22H2,1H3. The second-order valence-corrected chi connectivity index (χ2v) is 6.59. The van der Waals surface area contributed by atoms with Crippen LogP contribution in [0.5, 0.6) is 5.75 Å². The molecule has 0 saturated carbocycles. The fourth-order valence-corrected chi connectivity index (χ4v) is 2.98. The molecule has 152 valence electrons. The molecule has 0 amide bonds. The van der Waals surface area contributed by atoms with Crippen LogP contribution in [0.3, 0.4) is 0 Å². The van der Waals surface area contributed by atoms with Crippen molar-refractivity contribution in [3.05, 3.63) is 81.5 Å². The van der Waals surface area contributed by atoms with Gasteiger partial charge in [-0.15, -0.1) is 0 Å². The first-order valence-electron chi connectivity index (χ1n) is 9.36. The summed E-state index contributed by atoms with van der Waals surface area (Å²) in [5, 5.41) is 15.1. The molecule has 0 unspecified atom stereocenters. The predicted molar refractivity (Wildman–Crippen MR) is 110 cm³/mol. The molecule has 0 saturated heterocycles. The molecule has 1 aromatic heterocycles. The zero-order chi connectivity index (χ0) is 20.6. The summed E-state index contributed by atoms with van der Waals surface area (Å²) < 4.78 is 13.1. The molecule has 0 radical (unpaired) electrons. The Morgan fingerprint density at radius 2 is 1.83 bits per heavy atom. The normalized spacial score (nSPS) is 10.8. The average Bonchev–Trinajstić information content (AvgIpc) is 3.01. The number of aromatic nitrogens is 2. The minimum absolute atomic E-state index is 0.0761. The van der Waals surface area contributed by atoms with Crippen molar-refractivity contribution in [1.82, 2.24) is 9.78 Å². The van der Waals surface area contributed by atoms with Crippen molar-refractivity contribution in [2.24, 2.45) is 0 Å². The number of para-hydroxylation sites is 1. The maximum atomic E-state index is 11.0. The smallest absolute Gasteiger partial charge is 0.333 e. The van der Waals surface area contributed by atoms with Gasteiger partial charge in [-0.05, 0) is 25.0 Å². The molecule has 1 heterocycles. The van der Waals surface area contributed by atoms with Crippen LogP contribution in [0.15, 0.2) is 54.6 Å². The van der Waals surface area contributed by atoms with Gasteiger partial charge in [-0.1, -0.05) is 48.5 Å². The molecule has 2 N–H and O–H groups in total. The molecule has 0 aliphatic rings. The van der Waals surface area contributed by atoms with Gasteiger partial charge in [0.05, 0.1) is 11.5 Å². The number of hydrogen-bond donors (Lipinski definition) is 1. The number of benzene rings is 2. The molecule has 3 aromatic rings. The molecule has 0 aliphatic heterocycles. The first-order valence-corrected chi connectivity index (χ1v) is 9.36. The zero-order valence-electron chi connectivity index (χ0n) is 16.3. The van der Waals surface area contributed by atoms with Crippen molar-refractivity contribution >= 4 is 11.5 Å². The molecule has 0 aliphatic carbocycles. The van der Waals surface area contributed by atoms with E-state index in [1.165, 1.54) is 4.68 Å². The lowest BCUT2D eigenvalue weighted by Crippen LogP contribution is -2.08. The summed E-state index contributed by atoms with van der Waals surface area (Å²) in [6.45, 7) is 3.41. The number of nitrogens with zero attached hydrogens (tertiary/aromatic N) is 3. The van der Waals surface area contributed by atoms with E-state index in [0.29, 0.717) is 38.5 Å². The van der Waals surface area contributed by atoms with Crippen LogP contribution in [0.25, 0.3) is 0 Å². The average molecular weight is 396 g/mol. The third-order valence-electron chi connectivity index (χ3n) is 4.44. The number of anilines is 1. The van der Waals surface area contributed by atoms with Crippen LogP contribution in [0, 0.1) is 17.0 Å². The van der Waals surface area contributed by atoms with Gasteiger partial charge in [0, 0.05) is 18.7 Å². The topological polar surface area (TPSA) is 105 Å². The van der Waals surface area contributed by atoms with Crippen molar-refractivity contribution in [3.63, 3.8) is 0 Å². The van der Waals surface area contributed by atoms with Crippen LogP contribution in [-0.4, -0.2) is 21.3 Å². The van der Waals surface area contributed by atoms with E-state index in [0.717, 1.165) is 16.9 Å². The van der Waals surface area contributed by atoms with Gasteiger partial charge in [0.25, 0.3) is 0 Å². The van der Waals surface area contributed by atoms with Crippen molar-refractivity contribution in [2.75, 3.05) is 12.3 Å². The highest BCUT2D eigenvalue weighted by Gasteiger charge is 2.22. The van der Waals surface area contributed by atoms with E-state index < -0.39 is 4.92 Å². The Kier molecular flexibility index (Phi) is 6.80. The summed E-state index contributed by atoms with van der Waals surface area (Å²) in [7, 11) is 0. The van der Waals surface area contributed by atoms with Crippen LogP contribution >= 0.6 is 0 Å². The number of nitrogens with two attached hydrogens (primary N) is 1. The Bertz CT molecular complexity index is 957. The summed E-state index contributed by atoms with van der Waals surface area (Å²) >= 11 is 0. The molecule has 29 heavy (non-hydrogen) atoms. The van der Waals surface area contributed by atoms with Crippen LogP contribution in [0.2, 0.25) is 0 Å². The number of hydrogen-bond acceptors (Lipinski definition) is 6. The number of nitro groups is 1. The summed E-state index contributed by atoms with van der Waals surface area (Å²) in [6.07, 6.45) is 0.634. The van der Waals surface area contributed by atoms with Crippen LogP contribution in [-0.2, 0) is 24.5 Å². The summed E-state index contributed by atoms with van der Waals surface area (Å²) in [5.41, 5.74) is 8.07.